The summed E-state index contributed by atoms with van der Waals surface area (Å²) in [5.41, 5.74) is -1.14. The van der Waals surface area contributed by atoms with Gasteiger partial charge in [0.25, 0.3) is 0 Å². The number of benzene rings is 1. The number of aliphatic hydroxyl groups excluding tert-OH is 2. The van der Waals surface area contributed by atoms with Gasteiger partial charge in [0.2, 0.25) is 0 Å². The van der Waals surface area contributed by atoms with Crippen molar-refractivity contribution in [2.24, 2.45) is 0 Å². The summed E-state index contributed by atoms with van der Waals surface area (Å²) in [6.07, 6.45) is -1.49. The number of carboxylic acid groups (broad SMARTS) is 1. The molecule has 28 heavy (non-hydrogen) atoms. The first-order valence-electron chi connectivity index (χ1n) is 8.49. The molecule has 3 rings (SSSR count). The van der Waals surface area contributed by atoms with E-state index in [1.807, 2.05) is 0 Å². The number of rotatable bonds is 5. The molecular formula is C19H20O9. The molecule has 9 heteroatoms. The molecule has 1 heterocycles. The van der Waals surface area contributed by atoms with Crippen molar-refractivity contribution in [3.05, 3.63) is 36.1 Å². The number of carboxylic acids is 1. The smallest absolute Gasteiger partial charge is 0.335 e. The summed E-state index contributed by atoms with van der Waals surface area (Å²) in [5.74, 6) is -1.88. The van der Waals surface area contributed by atoms with Crippen LogP contribution in [0.3, 0.4) is 0 Å². The largest absolute Gasteiger partial charge is 0.496 e. The van der Waals surface area contributed by atoms with Crippen molar-refractivity contribution in [3.8, 4) is 5.75 Å². The van der Waals surface area contributed by atoms with Crippen LogP contribution in [0, 0.1) is 0 Å². The normalized spacial score (nSPS) is 27.8. The van der Waals surface area contributed by atoms with Gasteiger partial charge >= 0.3 is 11.9 Å². The van der Waals surface area contributed by atoms with E-state index in [0.29, 0.717) is 16.9 Å². The number of hydrogen-bond donors (Lipinski definition) is 4. The standard InChI is InChI=1S/C19H20O9/c1-26-13-6-10(7-14-11(13)4-5-27-14)2-3-16(21)28-15-9-19(25,18(23)24)8-12(20)17(15)22/h2-7,12,15,17,20,22,25H,8-9H2,1H3,(H,23,24)/t12-,15-,17-,19+/m1/s1. The van der Waals surface area contributed by atoms with Crippen LogP contribution in [-0.4, -0.2) is 63.4 Å². The number of aliphatic hydroxyl groups is 3. The number of hydrogen-bond acceptors (Lipinski definition) is 8. The van der Waals surface area contributed by atoms with E-state index in [2.05, 4.69) is 0 Å². The summed E-state index contributed by atoms with van der Waals surface area (Å²) in [6, 6.07) is 5.11. The fourth-order valence-electron chi connectivity index (χ4n) is 3.21. The molecule has 1 aliphatic rings. The van der Waals surface area contributed by atoms with Gasteiger partial charge in [0.15, 0.2) is 5.60 Å². The lowest BCUT2D eigenvalue weighted by molar-refractivity contribution is -0.196. The van der Waals surface area contributed by atoms with Crippen molar-refractivity contribution in [1.82, 2.24) is 0 Å². The summed E-state index contributed by atoms with van der Waals surface area (Å²) < 4.78 is 15.7. The van der Waals surface area contributed by atoms with Crippen LogP contribution >= 0.6 is 0 Å². The van der Waals surface area contributed by atoms with Gasteiger partial charge in [-0.3, -0.25) is 0 Å². The number of esters is 1. The van der Waals surface area contributed by atoms with Crippen LogP contribution in [0.1, 0.15) is 18.4 Å². The first-order valence-corrected chi connectivity index (χ1v) is 8.49. The first-order chi connectivity index (χ1) is 13.2. The zero-order chi connectivity index (χ0) is 20.5. The van der Waals surface area contributed by atoms with Gasteiger partial charge in [-0.05, 0) is 29.8 Å². The molecule has 0 bridgehead atoms. The number of fused-ring (bicyclic) bond motifs is 1. The van der Waals surface area contributed by atoms with Crippen LogP contribution < -0.4 is 4.74 Å². The minimum absolute atomic E-state index is 0.535. The zero-order valence-corrected chi connectivity index (χ0v) is 14.9. The summed E-state index contributed by atoms with van der Waals surface area (Å²) in [4.78, 5) is 23.3. The molecule has 2 aromatic rings. The molecule has 1 saturated carbocycles. The quantitative estimate of drug-likeness (QED) is 0.426. The second-order valence-corrected chi connectivity index (χ2v) is 6.67. The lowest BCUT2D eigenvalue weighted by Crippen LogP contribution is -2.57. The van der Waals surface area contributed by atoms with Crippen LogP contribution in [0.15, 0.2) is 35.0 Å². The molecule has 1 aromatic carbocycles. The summed E-state index contributed by atoms with van der Waals surface area (Å²) in [7, 11) is 1.50. The van der Waals surface area contributed by atoms with Gasteiger partial charge in [-0.2, -0.15) is 0 Å². The Morgan fingerprint density at radius 3 is 2.71 bits per heavy atom. The summed E-state index contributed by atoms with van der Waals surface area (Å²) in [6.45, 7) is 0. The fraction of sp³-hybridized carbons (Fsp3) is 0.368. The molecule has 0 saturated heterocycles. The Hall–Kier alpha value is -2.88. The Morgan fingerprint density at radius 1 is 1.29 bits per heavy atom. The van der Waals surface area contributed by atoms with Gasteiger partial charge in [0, 0.05) is 18.9 Å². The van der Waals surface area contributed by atoms with Gasteiger partial charge < -0.3 is 34.3 Å². The molecule has 0 radical (unpaired) electrons. The molecule has 150 valence electrons. The predicted molar refractivity (Wildman–Crippen MR) is 95.5 cm³/mol. The lowest BCUT2D eigenvalue weighted by Gasteiger charge is -2.39. The van der Waals surface area contributed by atoms with E-state index in [1.165, 1.54) is 19.4 Å². The van der Waals surface area contributed by atoms with E-state index in [4.69, 9.17) is 19.0 Å². The molecule has 1 aromatic heterocycles. The van der Waals surface area contributed by atoms with Crippen LogP contribution in [-0.2, 0) is 14.3 Å². The first kappa shape index (κ1) is 19.9. The van der Waals surface area contributed by atoms with Crippen molar-refractivity contribution in [2.75, 3.05) is 7.11 Å². The van der Waals surface area contributed by atoms with Gasteiger partial charge in [-0.1, -0.05) is 0 Å². The maximum absolute atomic E-state index is 12.1. The molecule has 0 spiro atoms. The summed E-state index contributed by atoms with van der Waals surface area (Å²) in [5, 5.41) is 39.7. The SMILES string of the molecule is COc1cc(C=CC(=O)O[C@@H]2C[C@](O)(C(=O)O)C[C@@H](O)[C@H]2O)cc2occc12. The van der Waals surface area contributed by atoms with Gasteiger partial charge in [-0.25, -0.2) is 9.59 Å². The number of ether oxygens (including phenoxy) is 2. The number of furan rings is 1. The summed E-state index contributed by atoms with van der Waals surface area (Å²) >= 11 is 0. The molecule has 1 fully saturated rings. The minimum Gasteiger partial charge on any atom is -0.496 e. The average Bonchev–Trinajstić information content (AvgIpc) is 3.12. The zero-order valence-electron chi connectivity index (χ0n) is 14.9. The van der Waals surface area contributed by atoms with E-state index >= 15 is 0 Å². The number of aliphatic carboxylic acids is 1. The Kier molecular flexibility index (Phi) is 5.41. The van der Waals surface area contributed by atoms with Crippen molar-refractivity contribution >= 4 is 29.0 Å². The van der Waals surface area contributed by atoms with Crippen molar-refractivity contribution in [3.63, 3.8) is 0 Å². The highest BCUT2D eigenvalue weighted by Gasteiger charge is 2.50. The molecule has 9 nitrogen and oxygen atoms in total. The number of carbonyl (C=O) groups is 2. The van der Waals surface area contributed by atoms with Gasteiger partial charge in [0.1, 0.15) is 23.5 Å². The fourth-order valence-corrected chi connectivity index (χ4v) is 3.21. The van der Waals surface area contributed by atoms with Gasteiger partial charge in [0.05, 0.1) is 24.9 Å². The van der Waals surface area contributed by atoms with Gasteiger partial charge in [-0.15, -0.1) is 0 Å². The topological polar surface area (TPSA) is 147 Å². The molecule has 0 amide bonds. The van der Waals surface area contributed by atoms with Crippen molar-refractivity contribution < 1.29 is 43.9 Å². The number of carbonyl (C=O) groups excluding carboxylic acids is 1. The molecule has 0 unspecified atom stereocenters. The maximum Gasteiger partial charge on any atom is 0.335 e. The number of methoxy groups -OCH3 is 1. The van der Waals surface area contributed by atoms with E-state index in [0.717, 1.165) is 11.5 Å². The molecular weight excluding hydrogens is 372 g/mol. The third-order valence-electron chi connectivity index (χ3n) is 4.71. The second-order valence-electron chi connectivity index (χ2n) is 6.67. The lowest BCUT2D eigenvalue weighted by atomic mass is 9.79. The third-order valence-corrected chi connectivity index (χ3v) is 4.71. The highest BCUT2D eigenvalue weighted by Crippen LogP contribution is 2.32. The van der Waals surface area contributed by atoms with E-state index in [1.54, 1.807) is 18.2 Å². The highest BCUT2D eigenvalue weighted by atomic mass is 16.6. The van der Waals surface area contributed by atoms with E-state index in [9.17, 15) is 24.9 Å². The van der Waals surface area contributed by atoms with Crippen molar-refractivity contribution in [1.29, 1.82) is 0 Å². The van der Waals surface area contributed by atoms with E-state index < -0.39 is 48.7 Å². The van der Waals surface area contributed by atoms with Crippen LogP contribution in [0.2, 0.25) is 0 Å². The molecule has 0 aliphatic heterocycles. The minimum atomic E-state index is -2.29. The monoisotopic (exact) mass is 392 g/mol. The Labute approximate surface area is 159 Å². The molecule has 4 N–H and O–H groups in total. The second kappa shape index (κ2) is 7.63. The average molecular weight is 392 g/mol. The van der Waals surface area contributed by atoms with Crippen molar-refractivity contribution in [2.45, 2.75) is 36.8 Å². The molecule has 1 aliphatic carbocycles. The Bertz CT molecular complexity index is 915. The van der Waals surface area contributed by atoms with Crippen LogP contribution in [0.5, 0.6) is 5.75 Å². The third kappa shape index (κ3) is 3.86. The predicted octanol–water partition coefficient (Wildman–Crippen LogP) is 0.698. The maximum atomic E-state index is 12.1. The van der Waals surface area contributed by atoms with Crippen LogP contribution in [0.4, 0.5) is 0 Å². The highest BCUT2D eigenvalue weighted by molar-refractivity contribution is 5.90. The van der Waals surface area contributed by atoms with E-state index in [-0.39, 0.29) is 0 Å². The van der Waals surface area contributed by atoms with Crippen LogP contribution in [0.25, 0.3) is 17.0 Å². The Balaban J connectivity index is 1.73. The Morgan fingerprint density at radius 2 is 2.04 bits per heavy atom. The molecule has 4 atom stereocenters.